The van der Waals surface area contributed by atoms with Crippen LogP contribution in [0.4, 0.5) is 0 Å². The van der Waals surface area contributed by atoms with Gasteiger partial charge in [-0.3, -0.25) is 4.79 Å². The monoisotopic (exact) mass is 345 g/mol. The second kappa shape index (κ2) is 6.79. The summed E-state index contributed by atoms with van der Waals surface area (Å²) < 4.78 is 2.27. The van der Waals surface area contributed by atoms with Crippen molar-refractivity contribution in [3.05, 3.63) is 78.1 Å². The number of para-hydroxylation sites is 2. The number of carbonyl (C=O) groups excluding carboxylic acids is 1. The van der Waals surface area contributed by atoms with Gasteiger partial charge in [0, 0.05) is 32.0 Å². The molecule has 4 heteroatoms. The second-order valence-electron chi connectivity index (χ2n) is 7.02. The van der Waals surface area contributed by atoms with Gasteiger partial charge in [0.05, 0.1) is 11.0 Å². The fraction of sp³-hybridized carbons (Fsp3) is 0.273. The molecule has 4 rings (SSSR count). The summed E-state index contributed by atoms with van der Waals surface area (Å²) in [4.78, 5) is 19.1. The molecule has 2 aromatic carbocycles. The number of amides is 1. The third-order valence-electron chi connectivity index (χ3n) is 5.07. The molecule has 2 heterocycles. The standard InChI is InChI=1S/C22H23N3O/c1-3-12-24-15-18(13-21(24)26)22-23-19-6-4-5-7-20(19)25(22)14-17-10-8-16(2)9-11-17/h3-11,18H,1,12-15H2,2H3/t18-/m0/s1. The molecule has 26 heavy (non-hydrogen) atoms. The van der Waals surface area contributed by atoms with Gasteiger partial charge in [-0.15, -0.1) is 6.58 Å². The molecule has 1 fully saturated rings. The summed E-state index contributed by atoms with van der Waals surface area (Å²) in [5, 5.41) is 0. The van der Waals surface area contributed by atoms with E-state index in [0.29, 0.717) is 19.5 Å². The minimum absolute atomic E-state index is 0.125. The molecular weight excluding hydrogens is 322 g/mol. The average molecular weight is 345 g/mol. The van der Waals surface area contributed by atoms with Crippen LogP contribution in [0.3, 0.4) is 0 Å². The number of rotatable bonds is 5. The molecule has 1 saturated heterocycles. The van der Waals surface area contributed by atoms with Gasteiger partial charge in [0.1, 0.15) is 5.82 Å². The molecule has 1 aliphatic rings. The largest absolute Gasteiger partial charge is 0.338 e. The van der Waals surface area contributed by atoms with E-state index in [1.165, 1.54) is 11.1 Å². The van der Waals surface area contributed by atoms with Crippen LogP contribution in [-0.4, -0.2) is 33.4 Å². The van der Waals surface area contributed by atoms with Crippen molar-refractivity contribution in [3.63, 3.8) is 0 Å². The van der Waals surface area contributed by atoms with Crippen LogP contribution in [0.15, 0.2) is 61.2 Å². The number of hydrogen-bond acceptors (Lipinski definition) is 2. The van der Waals surface area contributed by atoms with Crippen LogP contribution in [0.2, 0.25) is 0 Å². The molecule has 0 saturated carbocycles. The van der Waals surface area contributed by atoms with Gasteiger partial charge < -0.3 is 9.47 Å². The van der Waals surface area contributed by atoms with Gasteiger partial charge in [-0.2, -0.15) is 0 Å². The quantitative estimate of drug-likeness (QED) is 0.658. The molecule has 1 atom stereocenters. The van der Waals surface area contributed by atoms with E-state index < -0.39 is 0 Å². The van der Waals surface area contributed by atoms with Crippen molar-refractivity contribution >= 4 is 16.9 Å². The summed E-state index contributed by atoms with van der Waals surface area (Å²) >= 11 is 0. The van der Waals surface area contributed by atoms with Crippen LogP contribution < -0.4 is 0 Å². The first-order valence-electron chi connectivity index (χ1n) is 9.05. The lowest BCUT2D eigenvalue weighted by molar-refractivity contribution is -0.127. The molecule has 4 nitrogen and oxygen atoms in total. The van der Waals surface area contributed by atoms with Crippen LogP contribution in [0.1, 0.15) is 29.3 Å². The molecule has 0 aliphatic carbocycles. The maximum absolute atomic E-state index is 12.3. The van der Waals surface area contributed by atoms with Crippen molar-refractivity contribution in [3.8, 4) is 0 Å². The van der Waals surface area contributed by atoms with Crippen molar-refractivity contribution in [1.29, 1.82) is 0 Å². The summed E-state index contributed by atoms with van der Waals surface area (Å²) in [6, 6.07) is 16.8. The molecule has 132 valence electrons. The van der Waals surface area contributed by atoms with Gasteiger partial charge in [0.2, 0.25) is 5.91 Å². The number of nitrogens with zero attached hydrogens (tertiary/aromatic N) is 3. The van der Waals surface area contributed by atoms with Gasteiger partial charge in [0.15, 0.2) is 0 Å². The van der Waals surface area contributed by atoms with E-state index in [1.807, 2.05) is 23.1 Å². The Balaban J connectivity index is 1.73. The van der Waals surface area contributed by atoms with Gasteiger partial charge in [-0.1, -0.05) is 48.0 Å². The van der Waals surface area contributed by atoms with Gasteiger partial charge in [0.25, 0.3) is 0 Å². The molecule has 0 radical (unpaired) electrons. The van der Waals surface area contributed by atoms with Crippen molar-refractivity contribution < 1.29 is 4.79 Å². The number of likely N-dealkylation sites (tertiary alicyclic amines) is 1. The summed E-state index contributed by atoms with van der Waals surface area (Å²) in [5.74, 6) is 1.32. The first-order valence-corrected chi connectivity index (χ1v) is 9.05. The lowest BCUT2D eigenvalue weighted by Gasteiger charge is -2.16. The fourth-order valence-electron chi connectivity index (χ4n) is 3.73. The Bertz CT molecular complexity index is 955. The van der Waals surface area contributed by atoms with Crippen LogP contribution in [-0.2, 0) is 11.3 Å². The summed E-state index contributed by atoms with van der Waals surface area (Å²) in [6.45, 7) is 7.94. The predicted octanol–water partition coefficient (Wildman–Crippen LogP) is 3.89. The van der Waals surface area contributed by atoms with Gasteiger partial charge in [-0.05, 0) is 24.6 Å². The van der Waals surface area contributed by atoms with Crippen LogP contribution in [0, 0.1) is 6.92 Å². The van der Waals surface area contributed by atoms with E-state index in [1.54, 1.807) is 6.08 Å². The van der Waals surface area contributed by atoms with Crippen LogP contribution in [0.5, 0.6) is 0 Å². The maximum atomic E-state index is 12.3. The number of fused-ring (bicyclic) bond motifs is 1. The third-order valence-corrected chi connectivity index (χ3v) is 5.07. The molecule has 0 unspecified atom stereocenters. The molecule has 1 amide bonds. The first-order chi connectivity index (χ1) is 12.7. The number of benzene rings is 2. The Morgan fingerprint density at radius 2 is 1.96 bits per heavy atom. The first kappa shape index (κ1) is 16.6. The summed E-state index contributed by atoms with van der Waals surface area (Å²) in [6.07, 6.45) is 2.31. The van der Waals surface area contributed by atoms with Gasteiger partial charge >= 0.3 is 0 Å². The average Bonchev–Trinajstić information content (AvgIpc) is 3.18. The zero-order valence-electron chi connectivity index (χ0n) is 15.1. The molecule has 0 N–H and O–H groups in total. The minimum Gasteiger partial charge on any atom is -0.338 e. The highest BCUT2D eigenvalue weighted by Gasteiger charge is 2.33. The van der Waals surface area contributed by atoms with E-state index in [0.717, 1.165) is 23.4 Å². The topological polar surface area (TPSA) is 38.1 Å². The molecule has 3 aromatic rings. The number of hydrogen-bond donors (Lipinski definition) is 0. The number of carbonyl (C=O) groups is 1. The maximum Gasteiger partial charge on any atom is 0.223 e. The zero-order valence-corrected chi connectivity index (χ0v) is 15.1. The van der Waals surface area contributed by atoms with E-state index >= 15 is 0 Å². The van der Waals surface area contributed by atoms with Crippen molar-refractivity contribution in [2.75, 3.05) is 13.1 Å². The Morgan fingerprint density at radius 3 is 2.73 bits per heavy atom. The predicted molar refractivity (Wildman–Crippen MR) is 104 cm³/mol. The number of aromatic nitrogens is 2. The second-order valence-corrected chi connectivity index (χ2v) is 7.02. The van der Waals surface area contributed by atoms with Crippen LogP contribution >= 0.6 is 0 Å². The van der Waals surface area contributed by atoms with Gasteiger partial charge in [-0.25, -0.2) is 4.98 Å². The Kier molecular flexibility index (Phi) is 4.33. The highest BCUT2D eigenvalue weighted by molar-refractivity contribution is 5.81. The number of imidazole rings is 1. The lowest BCUT2D eigenvalue weighted by Crippen LogP contribution is -2.25. The lowest BCUT2D eigenvalue weighted by atomic mass is 10.1. The van der Waals surface area contributed by atoms with E-state index in [9.17, 15) is 4.79 Å². The SMILES string of the molecule is C=CCN1C[C@@H](c2nc3ccccc3n2Cc2ccc(C)cc2)CC1=O. The van der Waals surface area contributed by atoms with E-state index in [-0.39, 0.29) is 11.8 Å². The molecule has 1 aromatic heterocycles. The summed E-state index contributed by atoms with van der Waals surface area (Å²) in [5.41, 5.74) is 4.61. The van der Waals surface area contributed by atoms with Crippen molar-refractivity contribution in [2.45, 2.75) is 25.8 Å². The van der Waals surface area contributed by atoms with E-state index in [2.05, 4.69) is 48.4 Å². The van der Waals surface area contributed by atoms with Crippen LogP contribution in [0.25, 0.3) is 11.0 Å². The molecular formula is C22H23N3O. The summed E-state index contributed by atoms with van der Waals surface area (Å²) in [7, 11) is 0. The molecule has 0 spiro atoms. The molecule has 1 aliphatic heterocycles. The zero-order chi connectivity index (χ0) is 18.1. The smallest absolute Gasteiger partial charge is 0.223 e. The normalized spacial score (nSPS) is 17.2. The van der Waals surface area contributed by atoms with Crippen molar-refractivity contribution in [1.82, 2.24) is 14.5 Å². The number of aryl methyl sites for hydroxylation is 1. The Labute approximate surface area is 153 Å². The minimum atomic E-state index is 0.125. The highest BCUT2D eigenvalue weighted by Crippen LogP contribution is 2.31. The Hall–Kier alpha value is -2.88. The Morgan fingerprint density at radius 1 is 1.19 bits per heavy atom. The molecule has 0 bridgehead atoms. The van der Waals surface area contributed by atoms with Crippen molar-refractivity contribution in [2.24, 2.45) is 0 Å². The highest BCUT2D eigenvalue weighted by atomic mass is 16.2. The third kappa shape index (κ3) is 3.03. The fourth-order valence-corrected chi connectivity index (χ4v) is 3.73. The van der Waals surface area contributed by atoms with E-state index in [4.69, 9.17) is 4.98 Å².